The molecule has 0 atom stereocenters. The lowest BCUT2D eigenvalue weighted by Gasteiger charge is -2.08. The maximum atomic E-state index is 11.0. The molecule has 0 spiro atoms. The number of carboxylic acids is 1. The fraction of sp³-hybridized carbons (Fsp3) is 0.0833. The van der Waals surface area contributed by atoms with Gasteiger partial charge in [-0.1, -0.05) is 18.2 Å². The van der Waals surface area contributed by atoms with E-state index in [0.717, 1.165) is 16.1 Å². The summed E-state index contributed by atoms with van der Waals surface area (Å²) in [5.41, 5.74) is 1.51. The minimum absolute atomic E-state index is 0.0393. The van der Waals surface area contributed by atoms with Gasteiger partial charge in [0.05, 0.1) is 5.36 Å². The van der Waals surface area contributed by atoms with Crippen molar-refractivity contribution in [3.05, 3.63) is 46.2 Å². The highest BCUT2D eigenvalue weighted by Gasteiger charge is 2.23. The molecule has 4 heteroatoms. The van der Waals surface area contributed by atoms with E-state index in [1.807, 2.05) is 24.3 Å². The number of fused-ring (bicyclic) bond motifs is 2. The summed E-state index contributed by atoms with van der Waals surface area (Å²) < 4.78 is 0. The molecule has 1 aromatic rings. The van der Waals surface area contributed by atoms with Crippen LogP contribution in [0.2, 0.25) is 0 Å². The fourth-order valence-corrected chi connectivity index (χ4v) is 1.99. The highest BCUT2D eigenvalue weighted by molar-refractivity contribution is 5.97. The van der Waals surface area contributed by atoms with Crippen molar-refractivity contribution in [2.24, 2.45) is 9.98 Å². The molecule has 78 valence electrons. The van der Waals surface area contributed by atoms with Crippen molar-refractivity contribution in [1.29, 1.82) is 0 Å². The molecule has 0 radical (unpaired) electrons. The van der Waals surface area contributed by atoms with Gasteiger partial charge >= 0.3 is 5.97 Å². The number of hydrogen-bond donors (Lipinski definition) is 1. The van der Waals surface area contributed by atoms with Crippen molar-refractivity contribution in [2.45, 2.75) is 6.42 Å². The maximum Gasteiger partial charge on any atom is 0.356 e. The van der Waals surface area contributed by atoms with Gasteiger partial charge < -0.3 is 5.11 Å². The summed E-state index contributed by atoms with van der Waals surface area (Å²) in [4.78, 5) is 19.2. The van der Waals surface area contributed by atoms with Gasteiger partial charge in [0.15, 0.2) is 5.70 Å². The summed E-state index contributed by atoms with van der Waals surface area (Å²) in [5, 5.41) is 10.9. The number of carboxylic acid groups (broad SMARTS) is 1. The number of benzene rings is 1. The Balaban J connectivity index is 2.40. The second-order valence-corrected chi connectivity index (χ2v) is 3.63. The van der Waals surface area contributed by atoms with Crippen molar-refractivity contribution in [3.63, 3.8) is 0 Å². The summed E-state index contributed by atoms with van der Waals surface area (Å²) >= 11 is 0. The smallest absolute Gasteiger partial charge is 0.356 e. The minimum Gasteiger partial charge on any atom is -0.476 e. The van der Waals surface area contributed by atoms with Crippen LogP contribution in [0.5, 0.6) is 0 Å². The van der Waals surface area contributed by atoms with Gasteiger partial charge in [-0.25, -0.2) is 9.79 Å². The molecule has 0 fully saturated rings. The molecule has 1 N–H and O–H groups in total. The molecule has 0 saturated heterocycles. The first-order valence-electron chi connectivity index (χ1n) is 4.95. The molecule has 4 nitrogen and oxygen atoms in total. The van der Waals surface area contributed by atoms with E-state index in [1.54, 1.807) is 6.21 Å². The van der Waals surface area contributed by atoms with Crippen molar-refractivity contribution < 1.29 is 9.90 Å². The lowest BCUT2D eigenvalue weighted by Crippen LogP contribution is -2.22. The number of allylic oxidation sites excluding steroid dienone is 1. The summed E-state index contributed by atoms with van der Waals surface area (Å²) in [5.74, 6) is -1.03. The summed E-state index contributed by atoms with van der Waals surface area (Å²) in [6.07, 6.45) is 2.27. The standard InChI is InChI=1S/C12H8N2O2/c15-12(16)11-10-8(5-6-13-11)7-3-1-2-4-9(7)14-10/h1-4,6H,5H2,(H,15,16). The number of para-hydroxylation sites is 1. The first kappa shape index (κ1) is 9.03. The average Bonchev–Trinajstić information content (AvgIpc) is 2.67. The second kappa shape index (κ2) is 3.13. The minimum atomic E-state index is -1.03. The normalized spacial score (nSPS) is 16.9. The van der Waals surface area contributed by atoms with E-state index in [9.17, 15) is 4.79 Å². The van der Waals surface area contributed by atoms with Gasteiger partial charge in [0.2, 0.25) is 0 Å². The number of carbonyl (C=O) groups is 1. The number of hydrogen-bond acceptors (Lipinski definition) is 3. The van der Waals surface area contributed by atoms with E-state index in [4.69, 9.17) is 5.11 Å². The zero-order chi connectivity index (χ0) is 11.1. The van der Waals surface area contributed by atoms with Gasteiger partial charge in [-0.2, -0.15) is 0 Å². The number of nitrogens with zero attached hydrogens (tertiary/aromatic N) is 2. The Labute approximate surface area is 91.0 Å². The molecule has 0 aromatic heterocycles. The topological polar surface area (TPSA) is 62.0 Å². The number of aliphatic imine (C=N–C) groups is 1. The van der Waals surface area contributed by atoms with E-state index >= 15 is 0 Å². The Hall–Kier alpha value is -2.23. The van der Waals surface area contributed by atoms with Gasteiger partial charge in [0.1, 0.15) is 5.70 Å². The molecular weight excluding hydrogens is 204 g/mol. The predicted octanol–water partition coefficient (Wildman–Crippen LogP) is 0.241. The molecule has 1 aromatic carbocycles. The van der Waals surface area contributed by atoms with Crippen LogP contribution in [0.15, 0.2) is 45.6 Å². The van der Waals surface area contributed by atoms with Gasteiger partial charge in [0.25, 0.3) is 0 Å². The third kappa shape index (κ3) is 1.13. The SMILES string of the molecule is O=C(O)C1=C2N=c3ccccc3=C2CC=N1. The van der Waals surface area contributed by atoms with Crippen LogP contribution in [0, 0.1) is 0 Å². The van der Waals surface area contributed by atoms with Crippen LogP contribution < -0.4 is 10.6 Å². The molecule has 0 aliphatic carbocycles. The molecule has 3 rings (SSSR count). The van der Waals surface area contributed by atoms with Gasteiger partial charge in [-0.05, 0) is 11.6 Å². The molecule has 0 bridgehead atoms. The van der Waals surface area contributed by atoms with Crippen molar-refractivity contribution in [1.82, 2.24) is 0 Å². The van der Waals surface area contributed by atoms with E-state index < -0.39 is 5.97 Å². The predicted molar refractivity (Wildman–Crippen MR) is 58.4 cm³/mol. The third-order valence-electron chi connectivity index (χ3n) is 2.69. The highest BCUT2D eigenvalue weighted by atomic mass is 16.4. The Morgan fingerprint density at radius 3 is 2.94 bits per heavy atom. The zero-order valence-corrected chi connectivity index (χ0v) is 8.34. The zero-order valence-electron chi connectivity index (χ0n) is 8.34. The van der Waals surface area contributed by atoms with E-state index in [1.165, 1.54) is 0 Å². The molecule has 2 aliphatic rings. The lowest BCUT2D eigenvalue weighted by molar-refractivity contribution is -0.132. The van der Waals surface area contributed by atoms with Crippen LogP contribution in [0.25, 0.3) is 5.57 Å². The maximum absolute atomic E-state index is 11.0. The fourth-order valence-electron chi connectivity index (χ4n) is 1.99. The van der Waals surface area contributed by atoms with E-state index in [-0.39, 0.29) is 5.70 Å². The molecule has 2 aliphatic heterocycles. The van der Waals surface area contributed by atoms with Crippen molar-refractivity contribution in [2.75, 3.05) is 0 Å². The van der Waals surface area contributed by atoms with Crippen LogP contribution in [-0.2, 0) is 4.79 Å². The molecule has 16 heavy (non-hydrogen) atoms. The van der Waals surface area contributed by atoms with Gasteiger partial charge in [-0.15, -0.1) is 0 Å². The van der Waals surface area contributed by atoms with Crippen molar-refractivity contribution in [3.8, 4) is 0 Å². The van der Waals surface area contributed by atoms with Crippen molar-refractivity contribution >= 4 is 17.8 Å². The first-order valence-corrected chi connectivity index (χ1v) is 4.95. The Bertz CT molecular complexity index is 669. The largest absolute Gasteiger partial charge is 0.476 e. The molecular formula is C12H8N2O2. The molecule has 0 saturated carbocycles. The van der Waals surface area contributed by atoms with E-state index in [0.29, 0.717) is 12.1 Å². The third-order valence-corrected chi connectivity index (χ3v) is 2.69. The van der Waals surface area contributed by atoms with Crippen LogP contribution in [0.4, 0.5) is 0 Å². The summed E-state index contributed by atoms with van der Waals surface area (Å²) in [6.45, 7) is 0. The van der Waals surface area contributed by atoms with Crippen LogP contribution in [-0.4, -0.2) is 17.3 Å². The van der Waals surface area contributed by atoms with E-state index in [2.05, 4.69) is 9.98 Å². The Morgan fingerprint density at radius 1 is 1.31 bits per heavy atom. The van der Waals surface area contributed by atoms with Gasteiger partial charge in [0, 0.05) is 17.9 Å². The quantitative estimate of drug-likeness (QED) is 0.724. The molecule has 2 heterocycles. The number of rotatable bonds is 1. The Morgan fingerprint density at radius 2 is 2.12 bits per heavy atom. The summed E-state index contributed by atoms with van der Waals surface area (Å²) in [7, 11) is 0. The lowest BCUT2D eigenvalue weighted by atomic mass is 10.0. The van der Waals surface area contributed by atoms with Gasteiger partial charge in [-0.3, -0.25) is 4.99 Å². The summed E-state index contributed by atoms with van der Waals surface area (Å²) in [6, 6.07) is 7.66. The van der Waals surface area contributed by atoms with Crippen LogP contribution in [0.1, 0.15) is 6.42 Å². The average molecular weight is 212 g/mol. The molecule has 0 amide bonds. The second-order valence-electron chi connectivity index (χ2n) is 3.63. The van der Waals surface area contributed by atoms with Crippen LogP contribution in [0.3, 0.4) is 0 Å². The number of aliphatic carboxylic acids is 1. The van der Waals surface area contributed by atoms with Crippen LogP contribution >= 0.6 is 0 Å². The Kier molecular flexibility index (Phi) is 1.77. The monoisotopic (exact) mass is 212 g/mol. The molecule has 0 unspecified atom stereocenters. The first-order chi connectivity index (χ1) is 7.77. The highest BCUT2D eigenvalue weighted by Crippen LogP contribution is 2.25.